The molecule has 2 heterocycles. The number of aryl methyl sites for hydroxylation is 1. The van der Waals surface area contributed by atoms with Crippen LogP contribution in [0.25, 0.3) is 0 Å². The number of hydrogen-bond donors (Lipinski definition) is 1. The van der Waals surface area contributed by atoms with E-state index in [4.69, 9.17) is 0 Å². The van der Waals surface area contributed by atoms with Gasteiger partial charge in [-0.15, -0.1) is 10.2 Å². The smallest absolute Gasteiger partial charge is 0.373 e. The minimum Gasteiger partial charge on any atom is -0.373 e. The van der Waals surface area contributed by atoms with Gasteiger partial charge in [-0.2, -0.15) is 13.2 Å². The fourth-order valence-electron chi connectivity index (χ4n) is 1.31. The average Bonchev–Trinajstić information content (AvgIpc) is 2.73. The van der Waals surface area contributed by atoms with Gasteiger partial charge in [0.05, 0.1) is 5.56 Å². The standard InChI is InChI=1S/C10H10F3N5S/c1-14-7-3-6(10(11,12)13)4-8(16-7)19-9-17-15-5-18(9)2/h3-5H,1-2H3,(H,14,16). The van der Waals surface area contributed by atoms with Crippen molar-refractivity contribution in [3.63, 3.8) is 0 Å². The first-order valence-corrected chi connectivity index (χ1v) is 6.00. The number of anilines is 1. The van der Waals surface area contributed by atoms with Crippen LogP contribution < -0.4 is 5.32 Å². The topological polar surface area (TPSA) is 55.6 Å². The molecule has 0 unspecified atom stereocenters. The number of halogens is 3. The molecule has 2 aromatic rings. The van der Waals surface area contributed by atoms with Gasteiger partial charge >= 0.3 is 6.18 Å². The highest BCUT2D eigenvalue weighted by atomic mass is 32.2. The Balaban J connectivity index is 2.37. The highest BCUT2D eigenvalue weighted by Crippen LogP contribution is 2.34. The van der Waals surface area contributed by atoms with Crippen LogP contribution in [0.15, 0.2) is 28.6 Å². The normalized spacial score (nSPS) is 11.6. The number of pyridine rings is 1. The molecular formula is C10H10F3N5S. The predicted molar refractivity (Wildman–Crippen MR) is 63.9 cm³/mol. The largest absolute Gasteiger partial charge is 0.416 e. The van der Waals surface area contributed by atoms with Gasteiger partial charge in [0.15, 0.2) is 5.16 Å². The van der Waals surface area contributed by atoms with Gasteiger partial charge in [0, 0.05) is 14.1 Å². The first kappa shape index (κ1) is 13.7. The molecule has 0 aliphatic heterocycles. The lowest BCUT2D eigenvalue weighted by Crippen LogP contribution is -2.07. The van der Waals surface area contributed by atoms with E-state index in [0.29, 0.717) is 5.16 Å². The van der Waals surface area contributed by atoms with Crippen molar-refractivity contribution in [1.82, 2.24) is 19.7 Å². The molecule has 0 saturated heterocycles. The number of hydrogen-bond acceptors (Lipinski definition) is 5. The summed E-state index contributed by atoms with van der Waals surface area (Å²) >= 11 is 1.02. The zero-order valence-corrected chi connectivity index (χ0v) is 10.9. The molecule has 102 valence electrons. The maximum atomic E-state index is 12.7. The van der Waals surface area contributed by atoms with Crippen molar-refractivity contribution < 1.29 is 13.2 Å². The van der Waals surface area contributed by atoms with Gasteiger partial charge in [0.1, 0.15) is 17.2 Å². The third kappa shape index (κ3) is 3.16. The van der Waals surface area contributed by atoms with E-state index < -0.39 is 11.7 Å². The molecule has 0 amide bonds. The summed E-state index contributed by atoms with van der Waals surface area (Å²) in [5, 5.41) is 10.7. The molecule has 19 heavy (non-hydrogen) atoms. The van der Waals surface area contributed by atoms with Crippen LogP contribution in [0.2, 0.25) is 0 Å². The van der Waals surface area contributed by atoms with Gasteiger partial charge in [-0.25, -0.2) is 4.98 Å². The minimum atomic E-state index is -4.41. The first-order chi connectivity index (χ1) is 8.90. The van der Waals surface area contributed by atoms with Crippen molar-refractivity contribution in [3.05, 3.63) is 24.0 Å². The van der Waals surface area contributed by atoms with Gasteiger partial charge in [0.2, 0.25) is 0 Å². The lowest BCUT2D eigenvalue weighted by Gasteiger charge is -2.10. The Morgan fingerprint density at radius 2 is 2.05 bits per heavy atom. The summed E-state index contributed by atoms with van der Waals surface area (Å²) < 4.78 is 39.8. The third-order valence-corrected chi connectivity index (χ3v) is 3.22. The van der Waals surface area contributed by atoms with Crippen LogP contribution in [0.1, 0.15) is 5.56 Å². The van der Waals surface area contributed by atoms with Crippen LogP contribution in [-0.4, -0.2) is 26.8 Å². The fraction of sp³-hybridized carbons (Fsp3) is 0.300. The number of rotatable bonds is 3. The Hall–Kier alpha value is -1.77. The Kier molecular flexibility index (Phi) is 3.65. The van der Waals surface area contributed by atoms with Gasteiger partial charge < -0.3 is 9.88 Å². The molecule has 2 rings (SSSR count). The van der Waals surface area contributed by atoms with Gasteiger partial charge in [0.25, 0.3) is 0 Å². The molecule has 0 saturated carbocycles. The molecule has 2 aromatic heterocycles. The van der Waals surface area contributed by atoms with E-state index in [0.717, 1.165) is 23.9 Å². The van der Waals surface area contributed by atoms with E-state index in [1.54, 1.807) is 11.6 Å². The lowest BCUT2D eigenvalue weighted by molar-refractivity contribution is -0.137. The maximum absolute atomic E-state index is 12.7. The zero-order valence-electron chi connectivity index (χ0n) is 10.1. The number of alkyl halides is 3. The number of aromatic nitrogens is 4. The van der Waals surface area contributed by atoms with Crippen molar-refractivity contribution in [2.24, 2.45) is 7.05 Å². The molecule has 0 atom stereocenters. The van der Waals surface area contributed by atoms with Crippen LogP contribution >= 0.6 is 11.8 Å². The zero-order chi connectivity index (χ0) is 14.0. The summed E-state index contributed by atoms with van der Waals surface area (Å²) in [6.07, 6.45) is -2.95. The summed E-state index contributed by atoms with van der Waals surface area (Å²) in [6.45, 7) is 0. The monoisotopic (exact) mass is 289 g/mol. The number of nitrogens with zero attached hydrogens (tertiary/aromatic N) is 4. The Morgan fingerprint density at radius 1 is 1.32 bits per heavy atom. The molecule has 0 aliphatic rings. The van der Waals surface area contributed by atoms with Crippen LogP contribution in [0, 0.1) is 0 Å². The lowest BCUT2D eigenvalue weighted by atomic mass is 10.2. The van der Waals surface area contributed by atoms with Gasteiger partial charge in [-0.1, -0.05) is 0 Å². The molecule has 9 heteroatoms. The predicted octanol–water partition coefficient (Wildman–Crippen LogP) is 2.42. The van der Waals surface area contributed by atoms with Crippen molar-refractivity contribution in [1.29, 1.82) is 0 Å². The van der Waals surface area contributed by atoms with Crippen molar-refractivity contribution in [3.8, 4) is 0 Å². The van der Waals surface area contributed by atoms with E-state index in [9.17, 15) is 13.2 Å². The second kappa shape index (κ2) is 5.08. The van der Waals surface area contributed by atoms with E-state index >= 15 is 0 Å². The summed E-state index contributed by atoms with van der Waals surface area (Å²) in [5.41, 5.74) is -0.753. The molecule has 0 radical (unpaired) electrons. The average molecular weight is 289 g/mol. The van der Waals surface area contributed by atoms with E-state index in [2.05, 4.69) is 20.5 Å². The summed E-state index contributed by atoms with van der Waals surface area (Å²) in [7, 11) is 3.22. The van der Waals surface area contributed by atoms with Crippen LogP contribution in [0.5, 0.6) is 0 Å². The second-order valence-corrected chi connectivity index (χ2v) is 4.64. The molecular weight excluding hydrogens is 279 g/mol. The quantitative estimate of drug-likeness (QED) is 0.940. The highest BCUT2D eigenvalue weighted by Gasteiger charge is 2.31. The third-order valence-electron chi connectivity index (χ3n) is 2.25. The minimum absolute atomic E-state index is 0.152. The van der Waals surface area contributed by atoms with Crippen molar-refractivity contribution >= 4 is 17.6 Å². The SMILES string of the molecule is CNc1cc(C(F)(F)F)cc(Sc2nncn2C)n1. The molecule has 0 spiro atoms. The van der Waals surface area contributed by atoms with Gasteiger partial charge in [-0.3, -0.25) is 0 Å². The molecule has 0 aromatic carbocycles. The molecule has 5 nitrogen and oxygen atoms in total. The fourth-order valence-corrected chi connectivity index (χ4v) is 2.10. The molecule has 0 aliphatic carbocycles. The maximum Gasteiger partial charge on any atom is 0.416 e. The van der Waals surface area contributed by atoms with Crippen LogP contribution in [-0.2, 0) is 13.2 Å². The molecule has 0 fully saturated rings. The first-order valence-electron chi connectivity index (χ1n) is 5.19. The second-order valence-electron chi connectivity index (χ2n) is 3.65. The van der Waals surface area contributed by atoms with E-state index in [-0.39, 0.29) is 10.8 Å². The summed E-state index contributed by atoms with van der Waals surface area (Å²) in [5.74, 6) is 0.152. The Bertz CT molecular complexity index is 581. The summed E-state index contributed by atoms with van der Waals surface area (Å²) in [6, 6.07) is 1.95. The van der Waals surface area contributed by atoms with Crippen molar-refractivity contribution in [2.45, 2.75) is 16.4 Å². The Morgan fingerprint density at radius 3 is 2.58 bits per heavy atom. The summed E-state index contributed by atoms with van der Waals surface area (Å²) in [4.78, 5) is 4.05. The van der Waals surface area contributed by atoms with Crippen molar-refractivity contribution in [2.75, 3.05) is 12.4 Å². The molecule has 0 bridgehead atoms. The molecule has 1 N–H and O–H groups in total. The highest BCUT2D eigenvalue weighted by molar-refractivity contribution is 7.99. The van der Waals surface area contributed by atoms with Gasteiger partial charge in [-0.05, 0) is 23.9 Å². The van der Waals surface area contributed by atoms with E-state index in [1.165, 1.54) is 13.4 Å². The van der Waals surface area contributed by atoms with Crippen LogP contribution in [0.3, 0.4) is 0 Å². The Labute approximate surface area is 111 Å². The number of nitrogens with one attached hydrogen (secondary N) is 1. The van der Waals surface area contributed by atoms with E-state index in [1.807, 2.05) is 0 Å². The van der Waals surface area contributed by atoms with Crippen LogP contribution in [0.4, 0.5) is 19.0 Å².